The van der Waals surface area contributed by atoms with Crippen LogP contribution >= 0.6 is 43.6 Å². The number of rotatable bonds is 5. The number of carbonyl (C=O) groups is 1. The van der Waals surface area contributed by atoms with Gasteiger partial charge < -0.3 is 10.4 Å². The molecule has 1 heterocycles. The number of amides is 1. The van der Waals surface area contributed by atoms with E-state index in [1.807, 2.05) is 0 Å². The van der Waals surface area contributed by atoms with Gasteiger partial charge in [-0.1, -0.05) is 55.8 Å². The van der Waals surface area contributed by atoms with Crippen LogP contribution in [0.2, 0.25) is 0 Å². The number of carbonyl (C=O) groups excluding carboxylic acids is 1. The summed E-state index contributed by atoms with van der Waals surface area (Å²) in [6.45, 7) is 0. The van der Waals surface area contributed by atoms with Crippen molar-refractivity contribution in [3.63, 3.8) is 0 Å². The molecule has 174 valence electrons. The van der Waals surface area contributed by atoms with Gasteiger partial charge in [0.1, 0.15) is 0 Å². The molecule has 0 radical (unpaired) electrons. The predicted octanol–water partition coefficient (Wildman–Crippen LogP) is 5.88. The van der Waals surface area contributed by atoms with Crippen LogP contribution in [0.5, 0.6) is 5.75 Å². The Kier molecular flexibility index (Phi) is 6.85. The molecular formula is C22H14Br2N2O6S2. The number of hydrogen-bond acceptors (Lipinski definition) is 7. The lowest BCUT2D eigenvalue weighted by Crippen LogP contribution is -2.18. The number of benzene rings is 3. The topological polar surface area (TPSA) is 127 Å². The fourth-order valence-electron chi connectivity index (χ4n) is 3.20. The molecule has 0 spiro atoms. The second kappa shape index (κ2) is 9.53. The largest absolute Gasteiger partial charge is 0.502 e. The van der Waals surface area contributed by atoms with Gasteiger partial charge in [0.25, 0.3) is 5.91 Å². The number of hydrogen-bond donors (Lipinski definition) is 2. The SMILES string of the molecule is O=C1Nc2cc(S(=O)(=O)Cc3c(Br)cccc3Br)ccc2SC1=Cc1ccc(O)c([N+](=O)[O-])c1. The molecule has 2 N–H and O–H groups in total. The van der Waals surface area contributed by atoms with Gasteiger partial charge in [0.15, 0.2) is 15.6 Å². The van der Waals surface area contributed by atoms with Crippen LogP contribution in [0.15, 0.2) is 78.2 Å². The van der Waals surface area contributed by atoms with Crippen LogP contribution in [-0.2, 0) is 20.4 Å². The van der Waals surface area contributed by atoms with Crippen LogP contribution in [0.1, 0.15) is 11.1 Å². The van der Waals surface area contributed by atoms with Gasteiger partial charge in [-0.3, -0.25) is 14.9 Å². The first-order valence-corrected chi connectivity index (χ1v) is 13.6. The number of phenolic OH excluding ortho intramolecular Hbond substituents is 1. The van der Waals surface area contributed by atoms with E-state index in [0.717, 1.165) is 11.8 Å². The maximum Gasteiger partial charge on any atom is 0.311 e. The smallest absolute Gasteiger partial charge is 0.311 e. The minimum Gasteiger partial charge on any atom is -0.502 e. The zero-order valence-electron chi connectivity index (χ0n) is 17.0. The van der Waals surface area contributed by atoms with Gasteiger partial charge in [-0.15, -0.1) is 0 Å². The molecular weight excluding hydrogens is 612 g/mol. The first-order valence-electron chi connectivity index (χ1n) is 9.53. The molecule has 0 atom stereocenters. The maximum atomic E-state index is 13.0. The van der Waals surface area contributed by atoms with E-state index in [2.05, 4.69) is 37.2 Å². The molecule has 1 aliphatic heterocycles. The second-order valence-corrected chi connectivity index (χ2v) is 12.0. The molecule has 12 heteroatoms. The highest BCUT2D eigenvalue weighted by Gasteiger charge is 2.25. The van der Waals surface area contributed by atoms with Crippen LogP contribution in [0.3, 0.4) is 0 Å². The second-order valence-electron chi connectivity index (χ2n) is 7.19. The minimum absolute atomic E-state index is 0.0661. The Morgan fingerprint density at radius 3 is 2.47 bits per heavy atom. The third-order valence-corrected chi connectivity index (χ3v) is 9.12. The van der Waals surface area contributed by atoms with Crippen molar-refractivity contribution in [1.82, 2.24) is 0 Å². The molecule has 0 aromatic heterocycles. The maximum absolute atomic E-state index is 13.0. The van der Waals surface area contributed by atoms with Crippen LogP contribution in [0.4, 0.5) is 11.4 Å². The van der Waals surface area contributed by atoms with E-state index in [1.54, 1.807) is 24.3 Å². The Labute approximate surface area is 215 Å². The highest BCUT2D eigenvalue weighted by atomic mass is 79.9. The van der Waals surface area contributed by atoms with Crippen LogP contribution in [-0.4, -0.2) is 24.4 Å². The third-order valence-electron chi connectivity index (χ3n) is 4.89. The van der Waals surface area contributed by atoms with Crippen molar-refractivity contribution in [3.05, 3.63) is 89.7 Å². The van der Waals surface area contributed by atoms with E-state index in [1.165, 1.54) is 36.4 Å². The zero-order chi connectivity index (χ0) is 24.6. The van der Waals surface area contributed by atoms with Gasteiger partial charge in [-0.05, 0) is 53.6 Å². The molecule has 0 bridgehead atoms. The molecule has 0 fully saturated rings. The fourth-order valence-corrected chi connectivity index (χ4v) is 7.22. The summed E-state index contributed by atoms with van der Waals surface area (Å²) < 4.78 is 27.4. The highest BCUT2D eigenvalue weighted by molar-refractivity contribution is 9.11. The Morgan fingerprint density at radius 2 is 1.79 bits per heavy atom. The van der Waals surface area contributed by atoms with Crippen molar-refractivity contribution in [2.45, 2.75) is 15.5 Å². The van der Waals surface area contributed by atoms with E-state index < -0.39 is 32.1 Å². The molecule has 0 unspecified atom stereocenters. The van der Waals surface area contributed by atoms with Crippen molar-refractivity contribution < 1.29 is 23.2 Å². The highest BCUT2D eigenvalue weighted by Crippen LogP contribution is 2.41. The Balaban J connectivity index is 1.62. The zero-order valence-corrected chi connectivity index (χ0v) is 21.8. The summed E-state index contributed by atoms with van der Waals surface area (Å²) in [7, 11) is -3.71. The number of fused-ring (bicyclic) bond motifs is 1. The van der Waals surface area contributed by atoms with Gasteiger partial charge in [-0.2, -0.15) is 0 Å². The lowest BCUT2D eigenvalue weighted by molar-refractivity contribution is -0.385. The number of nitrogens with zero attached hydrogens (tertiary/aromatic N) is 1. The Morgan fingerprint density at radius 1 is 1.09 bits per heavy atom. The first kappa shape index (κ1) is 24.5. The van der Waals surface area contributed by atoms with Crippen molar-refractivity contribution in [2.75, 3.05) is 5.32 Å². The quantitative estimate of drug-likeness (QED) is 0.206. The van der Waals surface area contributed by atoms with Crippen molar-refractivity contribution in [3.8, 4) is 5.75 Å². The monoisotopic (exact) mass is 624 g/mol. The molecule has 0 aliphatic carbocycles. The first-order chi connectivity index (χ1) is 16.0. The number of sulfone groups is 1. The lowest BCUT2D eigenvalue weighted by Gasteiger charge is -2.19. The Bertz CT molecular complexity index is 1470. The molecule has 3 aromatic rings. The summed E-state index contributed by atoms with van der Waals surface area (Å²) in [5, 5.41) is 23.3. The molecule has 1 aliphatic rings. The fraction of sp³-hybridized carbons (Fsp3) is 0.0455. The summed E-state index contributed by atoms with van der Waals surface area (Å²) in [6.07, 6.45) is 1.46. The number of phenols is 1. The molecule has 4 rings (SSSR count). The van der Waals surface area contributed by atoms with E-state index in [9.17, 15) is 28.4 Å². The van der Waals surface area contributed by atoms with E-state index >= 15 is 0 Å². The number of anilines is 1. The predicted molar refractivity (Wildman–Crippen MR) is 136 cm³/mol. The molecule has 0 saturated heterocycles. The standard InChI is InChI=1S/C22H14Br2N2O6S2/c23-15-2-1-3-16(24)14(15)11-34(31,32)13-5-7-20-17(10-13)25-22(28)21(33-20)9-12-4-6-19(27)18(8-12)26(29)30/h1-10,27H,11H2,(H,25,28). The van der Waals surface area contributed by atoms with Gasteiger partial charge in [0, 0.05) is 19.9 Å². The molecule has 3 aromatic carbocycles. The normalized spacial score (nSPS) is 14.5. The molecule has 0 saturated carbocycles. The van der Waals surface area contributed by atoms with Crippen LogP contribution in [0, 0.1) is 10.1 Å². The summed E-state index contributed by atoms with van der Waals surface area (Å²) in [5.74, 6) is -1.18. The summed E-state index contributed by atoms with van der Waals surface area (Å²) in [4.78, 5) is 23.9. The number of thioether (sulfide) groups is 1. The average Bonchev–Trinajstić information content (AvgIpc) is 2.77. The van der Waals surface area contributed by atoms with E-state index in [4.69, 9.17) is 0 Å². The van der Waals surface area contributed by atoms with Crippen LogP contribution < -0.4 is 5.32 Å². The number of nitro groups is 1. The number of aromatic hydroxyl groups is 1. The molecule has 1 amide bonds. The number of nitrogens with one attached hydrogen (secondary N) is 1. The lowest BCUT2D eigenvalue weighted by atomic mass is 10.1. The summed E-state index contributed by atoms with van der Waals surface area (Å²) in [6, 6.07) is 13.6. The average molecular weight is 626 g/mol. The van der Waals surface area contributed by atoms with Gasteiger partial charge in [0.05, 0.1) is 26.2 Å². The minimum atomic E-state index is -3.71. The summed E-state index contributed by atoms with van der Waals surface area (Å²) in [5.41, 5.74) is 0.842. The molecule has 34 heavy (non-hydrogen) atoms. The van der Waals surface area contributed by atoms with Gasteiger partial charge in [0.2, 0.25) is 0 Å². The summed E-state index contributed by atoms with van der Waals surface area (Å²) >= 11 is 7.87. The number of nitro benzene ring substituents is 1. The van der Waals surface area contributed by atoms with E-state index in [0.29, 0.717) is 30.7 Å². The van der Waals surface area contributed by atoms with E-state index in [-0.39, 0.29) is 15.6 Å². The number of halogens is 2. The Hall–Kier alpha value is -2.67. The third kappa shape index (κ3) is 5.04. The van der Waals surface area contributed by atoms with Crippen LogP contribution in [0.25, 0.3) is 6.08 Å². The molecule has 8 nitrogen and oxygen atoms in total. The van der Waals surface area contributed by atoms with Crippen molar-refractivity contribution in [1.29, 1.82) is 0 Å². The van der Waals surface area contributed by atoms with Crippen molar-refractivity contribution >= 4 is 76.8 Å². The van der Waals surface area contributed by atoms with Gasteiger partial charge in [-0.25, -0.2) is 8.42 Å². The van der Waals surface area contributed by atoms with Crippen molar-refractivity contribution in [2.24, 2.45) is 0 Å². The van der Waals surface area contributed by atoms with Gasteiger partial charge >= 0.3 is 5.69 Å².